The van der Waals surface area contributed by atoms with Crippen molar-refractivity contribution in [3.8, 4) is 5.75 Å². The Morgan fingerprint density at radius 1 is 1.10 bits per heavy atom. The molecule has 0 N–H and O–H groups in total. The fourth-order valence-electron chi connectivity index (χ4n) is 3.02. The van der Waals surface area contributed by atoms with Gasteiger partial charge in [0.25, 0.3) is 5.91 Å². The van der Waals surface area contributed by atoms with Crippen LogP contribution in [-0.2, 0) is 0 Å². The highest BCUT2D eigenvalue weighted by Crippen LogP contribution is 2.37. The SMILES string of the molecule is COc1ccccc1C1CCCN1C(=O)c1ccccc1. The lowest BCUT2D eigenvalue weighted by atomic mass is 10.0. The minimum Gasteiger partial charge on any atom is -0.496 e. The van der Waals surface area contributed by atoms with E-state index >= 15 is 0 Å². The van der Waals surface area contributed by atoms with Crippen molar-refractivity contribution >= 4 is 5.91 Å². The van der Waals surface area contributed by atoms with Gasteiger partial charge in [-0.1, -0.05) is 36.4 Å². The van der Waals surface area contributed by atoms with Crippen LogP contribution in [0.3, 0.4) is 0 Å². The van der Waals surface area contributed by atoms with E-state index in [1.54, 1.807) is 7.11 Å². The Labute approximate surface area is 125 Å². The number of amides is 1. The van der Waals surface area contributed by atoms with Crippen LogP contribution in [0.1, 0.15) is 34.8 Å². The molecular formula is C18H19NO2. The maximum Gasteiger partial charge on any atom is 0.254 e. The van der Waals surface area contributed by atoms with Crippen LogP contribution >= 0.6 is 0 Å². The molecular weight excluding hydrogens is 262 g/mol. The summed E-state index contributed by atoms with van der Waals surface area (Å²) in [6.07, 6.45) is 2.01. The standard InChI is InChI=1S/C18H19NO2/c1-21-17-12-6-5-10-15(17)16-11-7-13-19(16)18(20)14-8-3-2-4-9-14/h2-6,8-10,12,16H,7,11,13H2,1H3. The number of methoxy groups -OCH3 is 1. The molecule has 108 valence electrons. The molecule has 0 radical (unpaired) electrons. The quantitative estimate of drug-likeness (QED) is 0.859. The van der Waals surface area contributed by atoms with Gasteiger partial charge in [-0.15, -0.1) is 0 Å². The second-order valence-corrected chi connectivity index (χ2v) is 5.26. The van der Waals surface area contributed by atoms with Crippen LogP contribution in [0.4, 0.5) is 0 Å². The molecule has 3 rings (SSSR count). The third-order valence-electron chi connectivity index (χ3n) is 4.03. The lowest BCUT2D eigenvalue weighted by molar-refractivity contribution is 0.0734. The van der Waals surface area contributed by atoms with E-state index in [0.29, 0.717) is 0 Å². The van der Waals surface area contributed by atoms with Gasteiger partial charge in [0.2, 0.25) is 0 Å². The molecule has 0 spiro atoms. The molecule has 0 aliphatic carbocycles. The summed E-state index contributed by atoms with van der Waals surface area (Å²) < 4.78 is 5.45. The zero-order valence-corrected chi connectivity index (χ0v) is 12.2. The summed E-state index contributed by atoms with van der Waals surface area (Å²) in [6.45, 7) is 0.802. The number of benzene rings is 2. The number of likely N-dealkylation sites (tertiary alicyclic amines) is 1. The fourth-order valence-corrected chi connectivity index (χ4v) is 3.02. The molecule has 1 amide bonds. The average molecular weight is 281 g/mol. The van der Waals surface area contributed by atoms with Gasteiger partial charge in [-0.3, -0.25) is 4.79 Å². The number of carbonyl (C=O) groups excluding carboxylic acids is 1. The molecule has 1 fully saturated rings. The van der Waals surface area contributed by atoms with Gasteiger partial charge < -0.3 is 9.64 Å². The predicted molar refractivity (Wildman–Crippen MR) is 82.4 cm³/mol. The van der Waals surface area contributed by atoms with Crippen molar-refractivity contribution in [2.45, 2.75) is 18.9 Å². The lowest BCUT2D eigenvalue weighted by Crippen LogP contribution is -2.30. The smallest absolute Gasteiger partial charge is 0.254 e. The highest BCUT2D eigenvalue weighted by Gasteiger charge is 2.32. The van der Waals surface area contributed by atoms with Crippen molar-refractivity contribution in [3.05, 3.63) is 65.7 Å². The number of hydrogen-bond donors (Lipinski definition) is 0. The first-order valence-electron chi connectivity index (χ1n) is 7.30. The molecule has 0 saturated carbocycles. The van der Waals surface area contributed by atoms with Crippen molar-refractivity contribution < 1.29 is 9.53 Å². The van der Waals surface area contributed by atoms with Crippen molar-refractivity contribution in [2.75, 3.05) is 13.7 Å². The van der Waals surface area contributed by atoms with Crippen molar-refractivity contribution in [1.29, 1.82) is 0 Å². The zero-order valence-electron chi connectivity index (χ0n) is 12.2. The van der Waals surface area contributed by atoms with E-state index in [1.165, 1.54) is 0 Å². The first kappa shape index (κ1) is 13.7. The first-order valence-corrected chi connectivity index (χ1v) is 7.30. The van der Waals surface area contributed by atoms with Gasteiger partial charge in [0, 0.05) is 17.7 Å². The third-order valence-corrected chi connectivity index (χ3v) is 4.03. The second kappa shape index (κ2) is 6.00. The number of para-hydroxylation sites is 1. The summed E-state index contributed by atoms with van der Waals surface area (Å²) in [5.74, 6) is 0.958. The first-order chi connectivity index (χ1) is 10.3. The van der Waals surface area contributed by atoms with Gasteiger partial charge in [0.15, 0.2) is 0 Å². The molecule has 2 aromatic carbocycles. The van der Waals surface area contributed by atoms with Crippen LogP contribution in [0.5, 0.6) is 5.75 Å². The molecule has 1 heterocycles. The van der Waals surface area contributed by atoms with Crippen LogP contribution in [0.25, 0.3) is 0 Å². The normalized spacial score (nSPS) is 17.8. The van der Waals surface area contributed by atoms with Gasteiger partial charge in [0.05, 0.1) is 13.2 Å². The maximum atomic E-state index is 12.7. The van der Waals surface area contributed by atoms with Gasteiger partial charge in [-0.25, -0.2) is 0 Å². The minimum absolute atomic E-state index is 0.101. The van der Waals surface area contributed by atoms with Crippen molar-refractivity contribution in [1.82, 2.24) is 4.90 Å². The van der Waals surface area contributed by atoms with Crippen LogP contribution in [0.15, 0.2) is 54.6 Å². The Balaban J connectivity index is 1.91. The molecule has 21 heavy (non-hydrogen) atoms. The Morgan fingerprint density at radius 2 is 1.81 bits per heavy atom. The zero-order chi connectivity index (χ0) is 14.7. The second-order valence-electron chi connectivity index (χ2n) is 5.26. The molecule has 1 aliphatic heterocycles. The van der Waals surface area contributed by atoms with Crippen molar-refractivity contribution in [3.63, 3.8) is 0 Å². The molecule has 0 aromatic heterocycles. The molecule has 1 aliphatic rings. The molecule has 0 bridgehead atoms. The Hall–Kier alpha value is -2.29. The molecule has 1 unspecified atom stereocenters. The monoisotopic (exact) mass is 281 g/mol. The Morgan fingerprint density at radius 3 is 2.57 bits per heavy atom. The maximum absolute atomic E-state index is 12.7. The third kappa shape index (κ3) is 2.64. The highest BCUT2D eigenvalue weighted by atomic mass is 16.5. The van der Waals surface area contributed by atoms with E-state index in [9.17, 15) is 4.79 Å². The van der Waals surface area contributed by atoms with E-state index in [2.05, 4.69) is 6.07 Å². The Kier molecular flexibility index (Phi) is 3.91. The lowest BCUT2D eigenvalue weighted by Gasteiger charge is -2.26. The summed E-state index contributed by atoms with van der Waals surface area (Å²) >= 11 is 0. The average Bonchev–Trinajstić information content (AvgIpc) is 3.04. The summed E-state index contributed by atoms with van der Waals surface area (Å²) in [4.78, 5) is 14.7. The molecule has 2 aromatic rings. The van der Waals surface area contributed by atoms with E-state index in [0.717, 1.165) is 36.3 Å². The van der Waals surface area contributed by atoms with Crippen LogP contribution < -0.4 is 4.74 Å². The number of carbonyl (C=O) groups is 1. The van der Waals surface area contributed by atoms with Crippen LogP contribution in [0.2, 0.25) is 0 Å². The van der Waals surface area contributed by atoms with Crippen LogP contribution in [0, 0.1) is 0 Å². The molecule has 3 heteroatoms. The highest BCUT2D eigenvalue weighted by molar-refractivity contribution is 5.94. The van der Waals surface area contributed by atoms with E-state index < -0.39 is 0 Å². The number of nitrogens with zero attached hydrogens (tertiary/aromatic N) is 1. The molecule has 3 nitrogen and oxygen atoms in total. The number of ether oxygens (including phenoxy) is 1. The minimum atomic E-state index is 0.101. The van der Waals surface area contributed by atoms with Gasteiger partial charge >= 0.3 is 0 Å². The van der Waals surface area contributed by atoms with Gasteiger partial charge in [0.1, 0.15) is 5.75 Å². The summed E-state index contributed by atoms with van der Waals surface area (Å²) in [6, 6.07) is 17.6. The summed E-state index contributed by atoms with van der Waals surface area (Å²) in [5.41, 5.74) is 1.85. The molecule has 1 atom stereocenters. The summed E-state index contributed by atoms with van der Waals surface area (Å²) in [5, 5.41) is 0. The van der Waals surface area contributed by atoms with Gasteiger partial charge in [-0.2, -0.15) is 0 Å². The van der Waals surface area contributed by atoms with E-state index in [4.69, 9.17) is 4.74 Å². The molecule has 1 saturated heterocycles. The number of rotatable bonds is 3. The Bertz CT molecular complexity index is 624. The van der Waals surface area contributed by atoms with E-state index in [1.807, 2.05) is 53.4 Å². The van der Waals surface area contributed by atoms with Gasteiger partial charge in [-0.05, 0) is 31.0 Å². The predicted octanol–water partition coefficient (Wildman–Crippen LogP) is 3.67. The van der Waals surface area contributed by atoms with Crippen LogP contribution in [-0.4, -0.2) is 24.5 Å². The topological polar surface area (TPSA) is 29.5 Å². The number of hydrogen-bond acceptors (Lipinski definition) is 2. The van der Waals surface area contributed by atoms with E-state index in [-0.39, 0.29) is 11.9 Å². The fraction of sp³-hybridized carbons (Fsp3) is 0.278. The summed E-state index contributed by atoms with van der Waals surface area (Å²) in [7, 11) is 1.68. The largest absolute Gasteiger partial charge is 0.496 e. The van der Waals surface area contributed by atoms with Crippen molar-refractivity contribution in [2.24, 2.45) is 0 Å².